The fourth-order valence-corrected chi connectivity index (χ4v) is 0.750. The van der Waals surface area contributed by atoms with E-state index in [4.69, 9.17) is 0 Å². The molecule has 0 saturated carbocycles. The Balaban J connectivity index is 3.92. The molecule has 0 heteroatoms. The second kappa shape index (κ2) is 4.17. The smallest absolute Gasteiger partial charge is 0.00406 e. The molecule has 0 N–H and O–H groups in total. The Hall–Kier alpha value is -0.740. The van der Waals surface area contributed by atoms with Gasteiger partial charge in [0.1, 0.15) is 0 Å². The lowest BCUT2D eigenvalue weighted by Crippen LogP contribution is -1.74. The van der Waals surface area contributed by atoms with Gasteiger partial charge in [-0.25, -0.2) is 0 Å². The van der Waals surface area contributed by atoms with Gasteiger partial charge in [-0.2, -0.15) is 0 Å². The maximum Gasteiger partial charge on any atom is -0.00406 e. The van der Waals surface area contributed by atoms with E-state index in [1.807, 2.05) is 19.9 Å². The van der Waals surface area contributed by atoms with Crippen molar-refractivity contribution in [3.8, 4) is 0 Å². The van der Waals surface area contributed by atoms with Crippen LogP contribution < -0.4 is 0 Å². The van der Waals surface area contributed by atoms with Gasteiger partial charge in [-0.05, 0) is 38.8 Å². The molecule has 0 spiro atoms. The molecule has 9 heavy (non-hydrogen) atoms. The van der Waals surface area contributed by atoms with Crippen molar-refractivity contribution in [2.45, 2.75) is 27.2 Å². The van der Waals surface area contributed by atoms with Crippen LogP contribution in [0.25, 0.3) is 0 Å². The molecule has 0 saturated heterocycles. The van der Waals surface area contributed by atoms with E-state index in [0.717, 1.165) is 6.42 Å². The summed E-state index contributed by atoms with van der Waals surface area (Å²) in [4.78, 5) is 0. The minimum atomic E-state index is 0.977. The van der Waals surface area contributed by atoms with Gasteiger partial charge in [0.25, 0.3) is 0 Å². The highest BCUT2D eigenvalue weighted by Gasteiger charge is 1.85. The first-order valence-electron chi connectivity index (χ1n) is 3.18. The zero-order chi connectivity index (χ0) is 7.28. The highest BCUT2D eigenvalue weighted by Crippen LogP contribution is 2.04. The average molecular weight is 122 g/mol. The van der Waals surface area contributed by atoms with Crippen LogP contribution in [-0.2, 0) is 0 Å². The van der Waals surface area contributed by atoms with Crippen molar-refractivity contribution >= 4 is 0 Å². The normalized spacial score (nSPS) is 7.89. The summed E-state index contributed by atoms with van der Waals surface area (Å²) in [6.07, 6.45) is 2.91. The van der Waals surface area contributed by atoms with Crippen LogP contribution in [-0.4, -0.2) is 0 Å². The molecular weight excluding hydrogens is 108 g/mol. The lowest BCUT2D eigenvalue weighted by Gasteiger charge is -1.93. The van der Waals surface area contributed by atoms with Gasteiger partial charge in [-0.15, -0.1) is 5.73 Å². The second-order valence-electron chi connectivity index (χ2n) is 2.35. The third-order valence-corrected chi connectivity index (χ3v) is 0.958. The highest BCUT2D eigenvalue weighted by molar-refractivity contribution is 5.07. The summed E-state index contributed by atoms with van der Waals surface area (Å²) in [5.74, 6) is 0. The van der Waals surface area contributed by atoms with Gasteiger partial charge < -0.3 is 0 Å². The Bertz CT molecular complexity index is 155. The van der Waals surface area contributed by atoms with Crippen LogP contribution in [0.3, 0.4) is 0 Å². The fourth-order valence-electron chi connectivity index (χ4n) is 0.750. The Morgan fingerprint density at radius 2 is 2.11 bits per heavy atom. The van der Waals surface area contributed by atoms with E-state index in [1.54, 1.807) is 0 Å². The van der Waals surface area contributed by atoms with Crippen LogP contribution in [0.1, 0.15) is 27.2 Å². The molecule has 0 fully saturated rings. The van der Waals surface area contributed by atoms with Crippen LogP contribution in [0.2, 0.25) is 0 Å². The SMILES string of the molecule is C=C(C)CC(C)=C=CC. The standard InChI is InChI=1S/C9H14/c1-5-6-9(4)7-8(2)3/h5H,2,7H2,1,3-4H3. The molecule has 0 heterocycles. The minimum Gasteiger partial charge on any atom is -0.126 e. The number of rotatable bonds is 2. The predicted octanol–water partition coefficient (Wildman–Crippen LogP) is 3.07. The maximum atomic E-state index is 3.80. The minimum absolute atomic E-state index is 0.977. The van der Waals surface area contributed by atoms with Crippen molar-refractivity contribution in [2.24, 2.45) is 0 Å². The van der Waals surface area contributed by atoms with E-state index in [1.165, 1.54) is 11.1 Å². The van der Waals surface area contributed by atoms with Crippen LogP contribution in [0.15, 0.2) is 29.5 Å². The zero-order valence-electron chi connectivity index (χ0n) is 6.49. The molecule has 0 rings (SSSR count). The van der Waals surface area contributed by atoms with Gasteiger partial charge in [0.2, 0.25) is 0 Å². The summed E-state index contributed by atoms with van der Waals surface area (Å²) < 4.78 is 0. The Morgan fingerprint density at radius 3 is 2.44 bits per heavy atom. The van der Waals surface area contributed by atoms with Crippen molar-refractivity contribution < 1.29 is 0 Å². The van der Waals surface area contributed by atoms with Crippen LogP contribution >= 0.6 is 0 Å². The van der Waals surface area contributed by atoms with Crippen molar-refractivity contribution in [3.63, 3.8) is 0 Å². The number of allylic oxidation sites excluding steroid dienone is 2. The summed E-state index contributed by atoms with van der Waals surface area (Å²) in [7, 11) is 0. The molecule has 0 aliphatic rings. The van der Waals surface area contributed by atoms with Gasteiger partial charge >= 0.3 is 0 Å². The molecule has 0 nitrogen and oxygen atoms in total. The van der Waals surface area contributed by atoms with E-state index in [0.29, 0.717) is 0 Å². The quantitative estimate of drug-likeness (QED) is 0.390. The van der Waals surface area contributed by atoms with Crippen LogP contribution in [0.4, 0.5) is 0 Å². The molecule has 0 bridgehead atoms. The van der Waals surface area contributed by atoms with E-state index in [2.05, 4.69) is 19.2 Å². The van der Waals surface area contributed by atoms with Gasteiger partial charge in [-0.1, -0.05) is 12.2 Å². The van der Waals surface area contributed by atoms with E-state index in [9.17, 15) is 0 Å². The molecule has 0 aromatic heterocycles. The third kappa shape index (κ3) is 5.13. The van der Waals surface area contributed by atoms with Crippen molar-refractivity contribution in [2.75, 3.05) is 0 Å². The molecule has 0 unspecified atom stereocenters. The van der Waals surface area contributed by atoms with Crippen molar-refractivity contribution in [1.29, 1.82) is 0 Å². The molecular formula is C9H14. The van der Waals surface area contributed by atoms with Gasteiger partial charge in [-0.3, -0.25) is 0 Å². The van der Waals surface area contributed by atoms with Gasteiger partial charge in [0.15, 0.2) is 0 Å². The first-order chi connectivity index (χ1) is 4.16. The van der Waals surface area contributed by atoms with Crippen molar-refractivity contribution in [3.05, 3.63) is 29.5 Å². The molecule has 50 valence electrons. The van der Waals surface area contributed by atoms with Gasteiger partial charge in [0.05, 0.1) is 0 Å². The first-order valence-corrected chi connectivity index (χ1v) is 3.18. The third-order valence-electron chi connectivity index (χ3n) is 0.958. The lowest BCUT2D eigenvalue weighted by atomic mass is 10.1. The number of hydrogen-bond donors (Lipinski definition) is 0. The molecule has 0 amide bonds. The maximum absolute atomic E-state index is 3.80. The Morgan fingerprint density at radius 1 is 1.56 bits per heavy atom. The van der Waals surface area contributed by atoms with Gasteiger partial charge in [0, 0.05) is 0 Å². The predicted molar refractivity (Wildman–Crippen MR) is 42.4 cm³/mol. The molecule has 0 aliphatic heterocycles. The molecule has 0 aliphatic carbocycles. The lowest BCUT2D eigenvalue weighted by molar-refractivity contribution is 1.12. The summed E-state index contributed by atoms with van der Waals surface area (Å²) in [5, 5.41) is 0. The van der Waals surface area contributed by atoms with Crippen LogP contribution in [0, 0.1) is 0 Å². The number of hydrogen-bond acceptors (Lipinski definition) is 0. The molecule has 0 atom stereocenters. The molecule has 0 aromatic carbocycles. The van der Waals surface area contributed by atoms with Crippen LogP contribution in [0.5, 0.6) is 0 Å². The Labute approximate surface area is 57.6 Å². The monoisotopic (exact) mass is 122 g/mol. The topological polar surface area (TPSA) is 0 Å². The first kappa shape index (κ1) is 8.26. The second-order valence-corrected chi connectivity index (χ2v) is 2.35. The van der Waals surface area contributed by atoms with E-state index >= 15 is 0 Å². The average Bonchev–Trinajstić information content (AvgIpc) is 1.63. The summed E-state index contributed by atoms with van der Waals surface area (Å²) >= 11 is 0. The summed E-state index contributed by atoms with van der Waals surface area (Å²) in [6, 6.07) is 0. The fraction of sp³-hybridized carbons (Fsp3) is 0.444. The zero-order valence-corrected chi connectivity index (χ0v) is 6.49. The molecule has 0 aromatic rings. The van der Waals surface area contributed by atoms with E-state index in [-0.39, 0.29) is 0 Å². The summed E-state index contributed by atoms with van der Waals surface area (Å²) in [5.41, 5.74) is 5.56. The Kier molecular flexibility index (Phi) is 3.83. The molecule has 0 radical (unpaired) electrons. The highest BCUT2D eigenvalue weighted by atomic mass is 13.9. The largest absolute Gasteiger partial charge is 0.126 e. The van der Waals surface area contributed by atoms with E-state index < -0.39 is 0 Å². The summed E-state index contributed by atoms with van der Waals surface area (Å²) in [6.45, 7) is 9.87. The van der Waals surface area contributed by atoms with Crippen molar-refractivity contribution in [1.82, 2.24) is 0 Å².